The number of rotatable bonds is 1. The molecule has 88 valence electrons. The minimum atomic E-state index is -0.244. The molecule has 3 rings (SSSR count). The van der Waals surface area contributed by atoms with Crippen LogP contribution in [0.25, 0.3) is 10.1 Å². The molecule has 0 radical (unpaired) electrons. The molecule has 1 aliphatic rings. The smallest absolute Gasteiger partial charge is 0.220 e. The summed E-state index contributed by atoms with van der Waals surface area (Å²) < 4.78 is 14.4. The Balaban J connectivity index is 2.13. The van der Waals surface area contributed by atoms with Gasteiger partial charge in [-0.25, -0.2) is 4.39 Å². The monoisotopic (exact) mass is 249 g/mol. The minimum absolute atomic E-state index is 0.0939. The SMILES string of the molecule is NC(=O)C1CCc2sc3ccc(F)cc3c2C1. The molecule has 0 saturated carbocycles. The average Bonchev–Trinajstić information content (AvgIpc) is 2.66. The van der Waals surface area contributed by atoms with Crippen molar-refractivity contribution in [1.29, 1.82) is 0 Å². The van der Waals surface area contributed by atoms with Crippen molar-refractivity contribution in [3.8, 4) is 0 Å². The maximum Gasteiger partial charge on any atom is 0.220 e. The van der Waals surface area contributed by atoms with E-state index in [0.29, 0.717) is 6.42 Å². The van der Waals surface area contributed by atoms with Crippen LogP contribution in [0.3, 0.4) is 0 Å². The molecule has 0 bridgehead atoms. The van der Waals surface area contributed by atoms with Crippen LogP contribution in [-0.2, 0) is 17.6 Å². The second kappa shape index (κ2) is 3.81. The van der Waals surface area contributed by atoms with E-state index in [0.717, 1.165) is 28.5 Å². The summed E-state index contributed by atoms with van der Waals surface area (Å²) in [6.45, 7) is 0. The number of amides is 1. The number of aryl methyl sites for hydroxylation is 1. The van der Waals surface area contributed by atoms with E-state index in [2.05, 4.69) is 0 Å². The van der Waals surface area contributed by atoms with Gasteiger partial charge in [0.2, 0.25) is 5.91 Å². The Kier molecular flexibility index (Phi) is 2.40. The van der Waals surface area contributed by atoms with Crippen molar-refractivity contribution in [3.63, 3.8) is 0 Å². The van der Waals surface area contributed by atoms with Gasteiger partial charge in [0.05, 0.1) is 0 Å². The van der Waals surface area contributed by atoms with Crippen LogP contribution in [0.15, 0.2) is 18.2 Å². The Hall–Kier alpha value is -1.42. The fourth-order valence-electron chi connectivity index (χ4n) is 2.49. The highest BCUT2D eigenvalue weighted by Gasteiger charge is 2.26. The second-order valence-electron chi connectivity index (χ2n) is 4.49. The first-order chi connectivity index (χ1) is 8.15. The van der Waals surface area contributed by atoms with E-state index in [9.17, 15) is 9.18 Å². The third kappa shape index (κ3) is 1.72. The molecule has 1 unspecified atom stereocenters. The summed E-state index contributed by atoms with van der Waals surface area (Å²) in [6.07, 6.45) is 2.36. The molecule has 1 amide bonds. The normalized spacial score (nSPS) is 19.2. The molecular weight excluding hydrogens is 237 g/mol. The van der Waals surface area contributed by atoms with E-state index >= 15 is 0 Å². The van der Waals surface area contributed by atoms with Gasteiger partial charge in [-0.3, -0.25) is 4.79 Å². The topological polar surface area (TPSA) is 43.1 Å². The van der Waals surface area contributed by atoms with Gasteiger partial charge >= 0.3 is 0 Å². The number of thiophene rings is 1. The van der Waals surface area contributed by atoms with Crippen molar-refractivity contribution in [1.82, 2.24) is 0 Å². The summed E-state index contributed by atoms with van der Waals surface area (Å²) >= 11 is 1.70. The quantitative estimate of drug-likeness (QED) is 0.829. The fraction of sp³-hybridized carbons (Fsp3) is 0.308. The molecule has 1 atom stereocenters. The Labute approximate surface area is 102 Å². The van der Waals surface area contributed by atoms with Crippen LogP contribution in [0.5, 0.6) is 0 Å². The molecule has 1 aromatic heterocycles. The number of fused-ring (bicyclic) bond motifs is 3. The van der Waals surface area contributed by atoms with Gasteiger partial charge in [-0.1, -0.05) is 0 Å². The largest absolute Gasteiger partial charge is 0.369 e. The van der Waals surface area contributed by atoms with Crippen molar-refractivity contribution in [2.75, 3.05) is 0 Å². The van der Waals surface area contributed by atoms with Gasteiger partial charge in [0.15, 0.2) is 0 Å². The summed E-state index contributed by atoms with van der Waals surface area (Å²) in [6, 6.07) is 4.86. The molecule has 2 aromatic rings. The number of halogens is 1. The standard InChI is InChI=1S/C13H12FNOS/c14-8-2-4-12-10(6-8)9-5-7(13(15)16)1-3-11(9)17-12/h2,4,6-7H,1,3,5H2,(H2,15,16). The molecule has 0 aliphatic heterocycles. The summed E-state index contributed by atoms with van der Waals surface area (Å²) in [7, 11) is 0. The maximum absolute atomic E-state index is 13.3. The van der Waals surface area contributed by atoms with Crippen molar-refractivity contribution in [3.05, 3.63) is 34.5 Å². The van der Waals surface area contributed by atoms with Gasteiger partial charge in [0.25, 0.3) is 0 Å². The average molecular weight is 249 g/mol. The number of hydrogen-bond acceptors (Lipinski definition) is 2. The van der Waals surface area contributed by atoms with E-state index in [1.54, 1.807) is 17.4 Å². The first-order valence-electron chi connectivity index (χ1n) is 5.64. The summed E-state index contributed by atoms with van der Waals surface area (Å²) in [5.41, 5.74) is 6.48. The summed E-state index contributed by atoms with van der Waals surface area (Å²) in [4.78, 5) is 12.5. The van der Waals surface area contributed by atoms with Crippen molar-refractivity contribution >= 4 is 27.3 Å². The van der Waals surface area contributed by atoms with Crippen LogP contribution >= 0.6 is 11.3 Å². The highest BCUT2D eigenvalue weighted by Crippen LogP contribution is 2.38. The number of hydrogen-bond donors (Lipinski definition) is 1. The Morgan fingerprint density at radius 2 is 2.29 bits per heavy atom. The highest BCUT2D eigenvalue weighted by atomic mass is 32.1. The van der Waals surface area contributed by atoms with Crippen molar-refractivity contribution < 1.29 is 9.18 Å². The number of primary amides is 1. The lowest BCUT2D eigenvalue weighted by Crippen LogP contribution is -2.28. The molecule has 1 aromatic carbocycles. The molecule has 1 aliphatic carbocycles. The third-order valence-corrected chi connectivity index (χ3v) is 4.68. The predicted octanol–water partition coefficient (Wildman–Crippen LogP) is 2.63. The van der Waals surface area contributed by atoms with Crippen LogP contribution in [-0.4, -0.2) is 5.91 Å². The minimum Gasteiger partial charge on any atom is -0.369 e. The van der Waals surface area contributed by atoms with Crippen LogP contribution in [0, 0.1) is 11.7 Å². The van der Waals surface area contributed by atoms with E-state index in [1.807, 2.05) is 6.07 Å². The Morgan fingerprint density at radius 3 is 3.06 bits per heavy atom. The van der Waals surface area contributed by atoms with Gasteiger partial charge in [0, 0.05) is 15.5 Å². The third-order valence-electron chi connectivity index (χ3n) is 3.41. The molecule has 2 N–H and O–H groups in total. The predicted molar refractivity (Wildman–Crippen MR) is 66.5 cm³/mol. The molecule has 0 spiro atoms. The zero-order chi connectivity index (χ0) is 12.0. The van der Waals surface area contributed by atoms with Gasteiger partial charge in [-0.15, -0.1) is 11.3 Å². The van der Waals surface area contributed by atoms with Crippen molar-refractivity contribution in [2.24, 2.45) is 11.7 Å². The Morgan fingerprint density at radius 1 is 1.47 bits per heavy atom. The van der Waals surface area contributed by atoms with E-state index < -0.39 is 0 Å². The first-order valence-corrected chi connectivity index (χ1v) is 6.46. The number of nitrogens with two attached hydrogens (primary N) is 1. The fourth-order valence-corrected chi connectivity index (χ4v) is 3.72. The van der Waals surface area contributed by atoms with E-state index in [-0.39, 0.29) is 17.6 Å². The number of benzene rings is 1. The highest BCUT2D eigenvalue weighted by molar-refractivity contribution is 7.19. The van der Waals surface area contributed by atoms with Gasteiger partial charge in [0.1, 0.15) is 5.82 Å². The molecule has 1 heterocycles. The molecular formula is C13H12FNOS. The lowest BCUT2D eigenvalue weighted by atomic mass is 9.86. The molecule has 0 fully saturated rings. The first kappa shape index (κ1) is 10.7. The van der Waals surface area contributed by atoms with E-state index in [4.69, 9.17) is 5.73 Å². The van der Waals surface area contributed by atoms with Crippen LogP contribution in [0.2, 0.25) is 0 Å². The lowest BCUT2D eigenvalue weighted by molar-refractivity contribution is -0.122. The Bertz CT molecular complexity index is 605. The van der Waals surface area contributed by atoms with E-state index in [1.165, 1.54) is 10.9 Å². The van der Waals surface area contributed by atoms with Gasteiger partial charge < -0.3 is 5.73 Å². The molecule has 17 heavy (non-hydrogen) atoms. The molecule has 4 heteroatoms. The zero-order valence-electron chi connectivity index (χ0n) is 9.20. The van der Waals surface area contributed by atoms with Gasteiger partial charge in [-0.2, -0.15) is 0 Å². The molecule has 2 nitrogen and oxygen atoms in total. The second-order valence-corrected chi connectivity index (χ2v) is 5.62. The maximum atomic E-state index is 13.3. The number of carbonyl (C=O) groups is 1. The van der Waals surface area contributed by atoms with Crippen LogP contribution < -0.4 is 5.73 Å². The lowest BCUT2D eigenvalue weighted by Gasteiger charge is -2.19. The summed E-state index contributed by atoms with van der Waals surface area (Å²) in [5.74, 6) is -0.561. The van der Waals surface area contributed by atoms with Crippen LogP contribution in [0.4, 0.5) is 4.39 Å². The van der Waals surface area contributed by atoms with Crippen LogP contribution in [0.1, 0.15) is 16.9 Å². The van der Waals surface area contributed by atoms with Gasteiger partial charge in [-0.05, 0) is 48.4 Å². The number of carbonyl (C=O) groups excluding carboxylic acids is 1. The zero-order valence-corrected chi connectivity index (χ0v) is 10.0. The molecule has 0 saturated heterocycles. The van der Waals surface area contributed by atoms with Crippen molar-refractivity contribution in [2.45, 2.75) is 19.3 Å². The summed E-state index contributed by atoms with van der Waals surface area (Å²) in [5, 5.41) is 0.955.